The topological polar surface area (TPSA) is 72.0 Å². The van der Waals surface area contributed by atoms with E-state index in [1.165, 1.54) is 0 Å². The fourth-order valence-electron chi connectivity index (χ4n) is 1.32. The SMILES string of the molecule is N=C(N)c1ccc(Oc2cccnc2)cc1Br. The Morgan fingerprint density at radius 1 is 1.29 bits per heavy atom. The van der Waals surface area contributed by atoms with Gasteiger partial charge in [-0.25, -0.2) is 0 Å². The van der Waals surface area contributed by atoms with Crippen LogP contribution in [0, 0.1) is 5.41 Å². The van der Waals surface area contributed by atoms with Crippen molar-refractivity contribution in [2.24, 2.45) is 5.73 Å². The number of pyridine rings is 1. The first kappa shape index (κ1) is 11.6. The third kappa shape index (κ3) is 2.82. The van der Waals surface area contributed by atoms with E-state index in [9.17, 15) is 0 Å². The van der Waals surface area contributed by atoms with Crippen LogP contribution in [0.5, 0.6) is 11.5 Å². The summed E-state index contributed by atoms with van der Waals surface area (Å²) in [6.07, 6.45) is 3.31. The molecule has 0 bridgehead atoms. The molecule has 0 aliphatic rings. The summed E-state index contributed by atoms with van der Waals surface area (Å²) in [6.45, 7) is 0. The van der Waals surface area contributed by atoms with Crippen LogP contribution in [0.1, 0.15) is 5.56 Å². The number of rotatable bonds is 3. The minimum Gasteiger partial charge on any atom is -0.456 e. The molecule has 0 saturated heterocycles. The maximum atomic E-state index is 7.36. The molecule has 0 unspecified atom stereocenters. The highest BCUT2D eigenvalue weighted by Crippen LogP contribution is 2.26. The van der Waals surface area contributed by atoms with Gasteiger partial charge in [0.1, 0.15) is 17.3 Å². The molecule has 2 aromatic rings. The zero-order chi connectivity index (χ0) is 12.3. The Morgan fingerprint density at radius 2 is 2.12 bits per heavy atom. The second-order valence-electron chi connectivity index (χ2n) is 3.35. The van der Waals surface area contributed by atoms with Gasteiger partial charge in [-0.15, -0.1) is 0 Å². The molecule has 86 valence electrons. The summed E-state index contributed by atoms with van der Waals surface area (Å²) in [5.41, 5.74) is 6.06. The summed E-state index contributed by atoms with van der Waals surface area (Å²) in [6, 6.07) is 8.88. The lowest BCUT2D eigenvalue weighted by Crippen LogP contribution is -2.11. The monoisotopic (exact) mass is 291 g/mol. The molecule has 0 amide bonds. The maximum Gasteiger partial charge on any atom is 0.145 e. The van der Waals surface area contributed by atoms with Crippen molar-refractivity contribution >= 4 is 21.8 Å². The molecule has 0 spiro atoms. The van der Waals surface area contributed by atoms with Crippen LogP contribution in [0.25, 0.3) is 0 Å². The van der Waals surface area contributed by atoms with Gasteiger partial charge in [0.2, 0.25) is 0 Å². The van der Waals surface area contributed by atoms with Gasteiger partial charge in [-0.2, -0.15) is 0 Å². The maximum absolute atomic E-state index is 7.36. The van der Waals surface area contributed by atoms with Gasteiger partial charge in [-0.1, -0.05) is 0 Å². The highest BCUT2D eigenvalue weighted by atomic mass is 79.9. The van der Waals surface area contributed by atoms with Crippen molar-refractivity contribution in [3.8, 4) is 11.5 Å². The molecule has 0 radical (unpaired) electrons. The van der Waals surface area contributed by atoms with Gasteiger partial charge in [0.05, 0.1) is 6.20 Å². The summed E-state index contributed by atoms with van der Waals surface area (Å²) in [5.74, 6) is 1.34. The van der Waals surface area contributed by atoms with Crippen LogP contribution >= 0.6 is 15.9 Å². The van der Waals surface area contributed by atoms with Gasteiger partial charge < -0.3 is 10.5 Å². The Kier molecular flexibility index (Phi) is 3.39. The van der Waals surface area contributed by atoms with E-state index in [1.807, 2.05) is 6.07 Å². The fourth-order valence-corrected chi connectivity index (χ4v) is 1.89. The van der Waals surface area contributed by atoms with Crippen LogP contribution in [-0.2, 0) is 0 Å². The molecule has 0 saturated carbocycles. The first-order chi connectivity index (χ1) is 8.16. The first-order valence-electron chi connectivity index (χ1n) is 4.88. The normalized spacial score (nSPS) is 9.94. The third-order valence-electron chi connectivity index (χ3n) is 2.10. The van der Waals surface area contributed by atoms with E-state index in [0.717, 1.165) is 4.47 Å². The van der Waals surface area contributed by atoms with Gasteiger partial charge >= 0.3 is 0 Å². The van der Waals surface area contributed by atoms with Crippen molar-refractivity contribution in [2.45, 2.75) is 0 Å². The minimum atomic E-state index is 0.0183. The molecule has 17 heavy (non-hydrogen) atoms. The van der Waals surface area contributed by atoms with E-state index in [-0.39, 0.29) is 5.84 Å². The van der Waals surface area contributed by atoms with Gasteiger partial charge in [0.15, 0.2) is 0 Å². The van der Waals surface area contributed by atoms with Crippen LogP contribution in [0.3, 0.4) is 0 Å². The zero-order valence-electron chi connectivity index (χ0n) is 8.85. The van der Waals surface area contributed by atoms with Crippen molar-refractivity contribution in [2.75, 3.05) is 0 Å². The van der Waals surface area contributed by atoms with Crippen molar-refractivity contribution in [3.05, 3.63) is 52.8 Å². The highest BCUT2D eigenvalue weighted by molar-refractivity contribution is 9.10. The van der Waals surface area contributed by atoms with Crippen LogP contribution in [0.2, 0.25) is 0 Å². The molecular weight excluding hydrogens is 282 g/mol. The second-order valence-corrected chi connectivity index (χ2v) is 4.20. The predicted octanol–water partition coefficient (Wildman–Crippen LogP) is 2.92. The van der Waals surface area contributed by atoms with Crippen LogP contribution in [-0.4, -0.2) is 10.8 Å². The number of benzene rings is 1. The number of halogens is 1. The number of hydrogen-bond donors (Lipinski definition) is 2. The van der Waals surface area contributed by atoms with Crippen LogP contribution in [0.4, 0.5) is 0 Å². The molecule has 0 aliphatic carbocycles. The Labute approximate surface area is 107 Å². The van der Waals surface area contributed by atoms with E-state index in [0.29, 0.717) is 17.1 Å². The molecule has 1 heterocycles. The van der Waals surface area contributed by atoms with Gasteiger partial charge in [0.25, 0.3) is 0 Å². The van der Waals surface area contributed by atoms with Crippen molar-refractivity contribution in [1.82, 2.24) is 4.98 Å². The first-order valence-corrected chi connectivity index (χ1v) is 5.68. The lowest BCUT2D eigenvalue weighted by Gasteiger charge is -2.07. The average molecular weight is 292 g/mol. The van der Waals surface area contributed by atoms with E-state index in [1.54, 1.807) is 36.7 Å². The standard InChI is InChI=1S/C12H10BrN3O/c13-11-6-8(3-4-10(11)12(14)15)17-9-2-1-5-16-7-9/h1-7H,(H3,14,15). The fraction of sp³-hybridized carbons (Fsp3) is 0. The molecule has 0 atom stereocenters. The molecule has 0 fully saturated rings. The van der Waals surface area contributed by atoms with Crippen molar-refractivity contribution < 1.29 is 4.74 Å². The average Bonchev–Trinajstić information content (AvgIpc) is 2.30. The Hall–Kier alpha value is -1.88. The lowest BCUT2D eigenvalue weighted by molar-refractivity contribution is 0.480. The smallest absolute Gasteiger partial charge is 0.145 e. The molecule has 0 aliphatic heterocycles. The summed E-state index contributed by atoms with van der Waals surface area (Å²) < 4.78 is 6.32. The van der Waals surface area contributed by atoms with Gasteiger partial charge in [-0.3, -0.25) is 10.4 Å². The summed E-state index contributed by atoms with van der Waals surface area (Å²) >= 11 is 3.34. The largest absolute Gasteiger partial charge is 0.456 e. The van der Waals surface area contributed by atoms with Crippen LogP contribution < -0.4 is 10.5 Å². The van der Waals surface area contributed by atoms with E-state index in [4.69, 9.17) is 15.9 Å². The molecule has 1 aromatic carbocycles. The quantitative estimate of drug-likeness (QED) is 0.675. The van der Waals surface area contributed by atoms with E-state index in [2.05, 4.69) is 20.9 Å². The third-order valence-corrected chi connectivity index (χ3v) is 2.76. The number of nitrogens with two attached hydrogens (primary N) is 1. The van der Waals surface area contributed by atoms with E-state index >= 15 is 0 Å². The van der Waals surface area contributed by atoms with E-state index < -0.39 is 0 Å². The zero-order valence-corrected chi connectivity index (χ0v) is 10.4. The van der Waals surface area contributed by atoms with Crippen molar-refractivity contribution in [1.29, 1.82) is 5.41 Å². The predicted molar refractivity (Wildman–Crippen MR) is 69.5 cm³/mol. The summed E-state index contributed by atoms with van der Waals surface area (Å²) in [4.78, 5) is 3.96. The van der Waals surface area contributed by atoms with Crippen molar-refractivity contribution in [3.63, 3.8) is 0 Å². The second kappa shape index (κ2) is 4.97. The molecule has 5 heteroatoms. The summed E-state index contributed by atoms with van der Waals surface area (Å²) in [5, 5.41) is 7.36. The number of aromatic nitrogens is 1. The number of nitrogens with zero attached hydrogens (tertiary/aromatic N) is 1. The molecular formula is C12H10BrN3O. The Balaban J connectivity index is 2.24. The Bertz CT molecular complexity index is 543. The molecule has 4 nitrogen and oxygen atoms in total. The lowest BCUT2D eigenvalue weighted by atomic mass is 10.2. The van der Waals surface area contributed by atoms with Crippen LogP contribution in [0.15, 0.2) is 47.2 Å². The summed E-state index contributed by atoms with van der Waals surface area (Å²) in [7, 11) is 0. The number of hydrogen-bond acceptors (Lipinski definition) is 3. The number of amidine groups is 1. The Morgan fingerprint density at radius 3 is 2.71 bits per heavy atom. The van der Waals surface area contributed by atoms with Gasteiger partial charge in [0, 0.05) is 16.2 Å². The number of nitrogen functional groups attached to an aromatic ring is 1. The van der Waals surface area contributed by atoms with Gasteiger partial charge in [-0.05, 0) is 46.3 Å². The number of ether oxygens (including phenoxy) is 1. The molecule has 2 rings (SSSR count). The molecule has 1 aromatic heterocycles. The number of nitrogens with one attached hydrogen (secondary N) is 1. The highest BCUT2D eigenvalue weighted by Gasteiger charge is 2.05. The minimum absolute atomic E-state index is 0.0183. The molecule has 3 N–H and O–H groups in total.